The number of aliphatic hydroxyl groups excluding tert-OH is 1. The third-order valence-electron chi connectivity index (χ3n) is 4.77. The molecule has 4 heteroatoms. The number of rotatable bonds is 3. The standard InChI is InChI=1S/C21H20N2O2/c22-21(25)17-6-3-4-14(10-17)12-23-13-18(24)11-16-9-8-15-5-1-2-7-19(15)20(16)23/h1-10,18,24H,11-13H2,(H2,22,25)/t18-/m0/s1. The number of benzene rings is 3. The molecule has 25 heavy (non-hydrogen) atoms. The quantitative estimate of drug-likeness (QED) is 0.775. The molecule has 0 fully saturated rings. The summed E-state index contributed by atoms with van der Waals surface area (Å²) in [4.78, 5) is 13.6. The number of amides is 1. The summed E-state index contributed by atoms with van der Waals surface area (Å²) in [6.45, 7) is 1.20. The molecule has 1 atom stereocenters. The van der Waals surface area contributed by atoms with Gasteiger partial charge in [0, 0.05) is 36.1 Å². The van der Waals surface area contributed by atoms with Crippen molar-refractivity contribution in [2.45, 2.75) is 19.1 Å². The lowest BCUT2D eigenvalue weighted by atomic mass is 9.94. The number of β-amino-alcohol motifs (C(OH)–C–C–N with tert-alkyl or cyclic N) is 1. The SMILES string of the molecule is NC(=O)c1cccc(CN2C[C@@H](O)Cc3ccc4ccccc4c32)c1. The van der Waals surface area contributed by atoms with Crippen LogP contribution < -0.4 is 10.6 Å². The summed E-state index contributed by atoms with van der Waals surface area (Å²) >= 11 is 0. The largest absolute Gasteiger partial charge is 0.391 e. The topological polar surface area (TPSA) is 66.6 Å². The Morgan fingerprint density at radius 2 is 1.96 bits per heavy atom. The van der Waals surface area contributed by atoms with Crippen LogP contribution in [0.2, 0.25) is 0 Å². The predicted octanol–water partition coefficient (Wildman–Crippen LogP) is 2.86. The van der Waals surface area contributed by atoms with E-state index < -0.39 is 12.0 Å². The Hall–Kier alpha value is -2.85. The Morgan fingerprint density at radius 1 is 1.12 bits per heavy atom. The number of aliphatic hydroxyl groups is 1. The summed E-state index contributed by atoms with van der Waals surface area (Å²) in [7, 11) is 0. The fourth-order valence-corrected chi connectivity index (χ4v) is 3.69. The highest BCUT2D eigenvalue weighted by atomic mass is 16.3. The van der Waals surface area contributed by atoms with Gasteiger partial charge in [-0.1, -0.05) is 48.5 Å². The van der Waals surface area contributed by atoms with Crippen LogP contribution in [0.25, 0.3) is 10.8 Å². The zero-order valence-corrected chi connectivity index (χ0v) is 13.9. The van der Waals surface area contributed by atoms with Crippen LogP contribution in [-0.4, -0.2) is 23.7 Å². The van der Waals surface area contributed by atoms with E-state index in [9.17, 15) is 9.90 Å². The Morgan fingerprint density at radius 3 is 2.80 bits per heavy atom. The van der Waals surface area contributed by atoms with Crippen LogP contribution in [0.15, 0.2) is 60.7 Å². The fourth-order valence-electron chi connectivity index (χ4n) is 3.69. The molecule has 1 heterocycles. The normalized spacial score (nSPS) is 16.7. The van der Waals surface area contributed by atoms with Gasteiger partial charge in [0.2, 0.25) is 5.91 Å². The van der Waals surface area contributed by atoms with Crippen molar-refractivity contribution in [2.24, 2.45) is 5.73 Å². The van der Waals surface area contributed by atoms with E-state index in [0.29, 0.717) is 25.1 Å². The molecule has 1 aliphatic rings. The molecule has 0 bridgehead atoms. The lowest BCUT2D eigenvalue weighted by Crippen LogP contribution is -2.38. The van der Waals surface area contributed by atoms with Crippen molar-refractivity contribution < 1.29 is 9.90 Å². The number of hydrogen-bond donors (Lipinski definition) is 2. The minimum Gasteiger partial charge on any atom is -0.391 e. The first-order valence-electron chi connectivity index (χ1n) is 8.44. The van der Waals surface area contributed by atoms with Gasteiger partial charge in [-0.15, -0.1) is 0 Å². The third kappa shape index (κ3) is 2.96. The molecule has 0 radical (unpaired) electrons. The van der Waals surface area contributed by atoms with Gasteiger partial charge >= 0.3 is 0 Å². The number of nitrogens with two attached hydrogens (primary N) is 1. The fraction of sp³-hybridized carbons (Fsp3) is 0.190. The first kappa shape index (κ1) is 15.7. The smallest absolute Gasteiger partial charge is 0.248 e. The van der Waals surface area contributed by atoms with Gasteiger partial charge in [-0.3, -0.25) is 4.79 Å². The molecule has 4 rings (SSSR count). The molecule has 0 unspecified atom stereocenters. The van der Waals surface area contributed by atoms with Crippen molar-refractivity contribution in [1.82, 2.24) is 0 Å². The van der Waals surface area contributed by atoms with Gasteiger partial charge in [-0.25, -0.2) is 0 Å². The van der Waals surface area contributed by atoms with E-state index in [1.165, 1.54) is 16.5 Å². The van der Waals surface area contributed by atoms with Crippen LogP contribution in [0.4, 0.5) is 5.69 Å². The van der Waals surface area contributed by atoms with Crippen LogP contribution in [-0.2, 0) is 13.0 Å². The van der Waals surface area contributed by atoms with Gasteiger partial charge in [-0.2, -0.15) is 0 Å². The van der Waals surface area contributed by atoms with Crippen LogP contribution in [0.1, 0.15) is 21.5 Å². The molecule has 3 aromatic rings. The van der Waals surface area contributed by atoms with Gasteiger partial charge < -0.3 is 15.7 Å². The van der Waals surface area contributed by atoms with Crippen molar-refractivity contribution in [3.63, 3.8) is 0 Å². The van der Waals surface area contributed by atoms with Gasteiger partial charge in [0.1, 0.15) is 0 Å². The molecule has 3 aromatic carbocycles. The van der Waals surface area contributed by atoms with E-state index in [4.69, 9.17) is 5.73 Å². The molecular formula is C21H20N2O2. The van der Waals surface area contributed by atoms with Gasteiger partial charge in [0.05, 0.1) is 6.10 Å². The van der Waals surface area contributed by atoms with Crippen LogP contribution >= 0.6 is 0 Å². The lowest BCUT2D eigenvalue weighted by molar-refractivity contribution is 0.1000. The number of carbonyl (C=O) groups excluding carboxylic acids is 1. The zero-order valence-electron chi connectivity index (χ0n) is 13.9. The van der Waals surface area contributed by atoms with Gasteiger partial charge in [0.25, 0.3) is 0 Å². The van der Waals surface area contributed by atoms with Crippen molar-refractivity contribution in [1.29, 1.82) is 0 Å². The first-order valence-corrected chi connectivity index (χ1v) is 8.44. The second-order valence-electron chi connectivity index (χ2n) is 6.60. The summed E-state index contributed by atoms with van der Waals surface area (Å²) in [5.41, 5.74) is 9.24. The van der Waals surface area contributed by atoms with Crippen LogP contribution in [0.3, 0.4) is 0 Å². The number of carbonyl (C=O) groups is 1. The molecule has 0 aliphatic carbocycles. The minimum atomic E-state index is -0.425. The maximum absolute atomic E-state index is 11.4. The molecule has 1 amide bonds. The summed E-state index contributed by atoms with van der Waals surface area (Å²) in [5.74, 6) is -0.425. The third-order valence-corrected chi connectivity index (χ3v) is 4.77. The first-order chi connectivity index (χ1) is 12.1. The summed E-state index contributed by atoms with van der Waals surface area (Å²) in [5, 5.41) is 12.7. The molecular weight excluding hydrogens is 312 g/mol. The van der Waals surface area contributed by atoms with E-state index in [1.54, 1.807) is 6.07 Å². The highest BCUT2D eigenvalue weighted by Gasteiger charge is 2.25. The molecule has 1 aliphatic heterocycles. The lowest BCUT2D eigenvalue weighted by Gasteiger charge is -2.35. The number of fused-ring (bicyclic) bond motifs is 3. The second kappa shape index (κ2) is 6.22. The number of primary amides is 1. The Bertz CT molecular complexity index is 952. The molecule has 0 saturated heterocycles. The van der Waals surface area contributed by atoms with Crippen molar-refractivity contribution in [3.8, 4) is 0 Å². The molecule has 0 aromatic heterocycles. The van der Waals surface area contributed by atoms with Crippen LogP contribution in [0, 0.1) is 0 Å². The highest BCUT2D eigenvalue weighted by Crippen LogP contribution is 2.35. The van der Waals surface area contributed by atoms with Crippen molar-refractivity contribution in [2.75, 3.05) is 11.4 Å². The van der Waals surface area contributed by atoms with E-state index in [1.807, 2.05) is 30.3 Å². The number of anilines is 1. The van der Waals surface area contributed by atoms with E-state index in [-0.39, 0.29) is 0 Å². The number of nitrogens with zero attached hydrogens (tertiary/aromatic N) is 1. The molecule has 0 saturated carbocycles. The second-order valence-corrected chi connectivity index (χ2v) is 6.60. The minimum absolute atomic E-state index is 0.395. The molecule has 3 N–H and O–H groups in total. The Balaban J connectivity index is 1.78. The molecule has 4 nitrogen and oxygen atoms in total. The zero-order chi connectivity index (χ0) is 17.4. The van der Waals surface area contributed by atoms with E-state index in [0.717, 1.165) is 11.1 Å². The number of hydrogen-bond acceptors (Lipinski definition) is 3. The van der Waals surface area contributed by atoms with Crippen LogP contribution in [0.5, 0.6) is 0 Å². The molecule has 126 valence electrons. The Kier molecular flexibility index (Phi) is 3.90. The summed E-state index contributed by atoms with van der Waals surface area (Å²) in [6, 6.07) is 19.9. The van der Waals surface area contributed by atoms with Crippen molar-refractivity contribution in [3.05, 3.63) is 77.4 Å². The average Bonchev–Trinajstić information content (AvgIpc) is 2.61. The monoisotopic (exact) mass is 332 g/mol. The Labute approximate surface area is 146 Å². The van der Waals surface area contributed by atoms with E-state index >= 15 is 0 Å². The van der Waals surface area contributed by atoms with Gasteiger partial charge in [-0.05, 0) is 28.6 Å². The molecule has 0 spiro atoms. The highest BCUT2D eigenvalue weighted by molar-refractivity contribution is 5.96. The summed E-state index contributed by atoms with van der Waals surface area (Å²) in [6.07, 6.45) is 0.269. The van der Waals surface area contributed by atoms with Crippen molar-refractivity contribution >= 4 is 22.4 Å². The van der Waals surface area contributed by atoms with Gasteiger partial charge in [0.15, 0.2) is 0 Å². The average molecular weight is 332 g/mol. The summed E-state index contributed by atoms with van der Waals surface area (Å²) < 4.78 is 0. The van der Waals surface area contributed by atoms with E-state index in [2.05, 4.69) is 29.2 Å². The predicted molar refractivity (Wildman–Crippen MR) is 99.7 cm³/mol. The maximum atomic E-state index is 11.4. The maximum Gasteiger partial charge on any atom is 0.248 e.